The summed E-state index contributed by atoms with van der Waals surface area (Å²) in [5, 5.41) is 11.3. The molecule has 0 aliphatic carbocycles. The average molecular weight is 404 g/mol. The number of methoxy groups -OCH3 is 2. The number of nitro groups is 1. The van der Waals surface area contributed by atoms with Crippen LogP contribution in [0.5, 0.6) is 0 Å². The second-order valence-corrected chi connectivity index (χ2v) is 7.41. The summed E-state index contributed by atoms with van der Waals surface area (Å²) in [6.07, 6.45) is -0.190. The van der Waals surface area contributed by atoms with E-state index in [0.29, 0.717) is 17.8 Å². The normalized spacial score (nSPS) is 28.7. The van der Waals surface area contributed by atoms with Gasteiger partial charge in [-0.2, -0.15) is 0 Å². The summed E-state index contributed by atoms with van der Waals surface area (Å²) in [7, 11) is 2.53. The number of benzene rings is 1. The first-order chi connectivity index (χ1) is 13.7. The highest BCUT2D eigenvalue weighted by Crippen LogP contribution is 2.52. The van der Waals surface area contributed by atoms with E-state index in [-0.39, 0.29) is 17.4 Å². The van der Waals surface area contributed by atoms with Gasteiger partial charge in [0.05, 0.1) is 30.8 Å². The second kappa shape index (κ2) is 7.47. The van der Waals surface area contributed by atoms with Crippen LogP contribution in [0.2, 0.25) is 0 Å². The highest BCUT2D eigenvalue weighted by atomic mass is 16.6. The predicted octanol–water partition coefficient (Wildman–Crippen LogP) is 2.37. The number of carbonyl (C=O) groups excluding carboxylic acids is 2. The van der Waals surface area contributed by atoms with Gasteiger partial charge in [-0.15, -0.1) is 0 Å². The minimum atomic E-state index is -1.08. The van der Waals surface area contributed by atoms with Crippen molar-refractivity contribution in [2.45, 2.75) is 38.5 Å². The molecule has 0 spiro atoms. The number of carbonyl (C=O) groups is 2. The molecule has 2 heterocycles. The lowest BCUT2D eigenvalue weighted by Gasteiger charge is -2.48. The lowest BCUT2D eigenvalue weighted by atomic mass is 9.71. The molecule has 2 aliphatic heterocycles. The fourth-order valence-corrected chi connectivity index (χ4v) is 4.56. The number of ether oxygens (including phenoxy) is 3. The SMILES string of the molecule is COC(=O)C1=C(C)N2CC(C)OC2(C)C(C(=O)OC)C1c1cccc([N+](=O)[O-])c1. The zero-order valence-corrected chi connectivity index (χ0v) is 17.0. The Kier molecular flexibility index (Phi) is 5.36. The molecule has 29 heavy (non-hydrogen) atoms. The lowest BCUT2D eigenvalue weighted by Crippen LogP contribution is -2.57. The van der Waals surface area contributed by atoms with E-state index >= 15 is 0 Å². The van der Waals surface area contributed by atoms with Crippen LogP contribution in [0.1, 0.15) is 32.3 Å². The molecule has 1 aromatic rings. The Morgan fingerprint density at radius 3 is 2.59 bits per heavy atom. The van der Waals surface area contributed by atoms with Crippen molar-refractivity contribution in [1.82, 2.24) is 4.90 Å². The van der Waals surface area contributed by atoms with Crippen LogP contribution in [0, 0.1) is 16.0 Å². The van der Waals surface area contributed by atoms with Gasteiger partial charge in [-0.3, -0.25) is 14.9 Å². The fourth-order valence-electron chi connectivity index (χ4n) is 4.56. The number of nitro benzene ring substituents is 1. The smallest absolute Gasteiger partial charge is 0.336 e. The van der Waals surface area contributed by atoms with E-state index in [4.69, 9.17) is 14.2 Å². The van der Waals surface area contributed by atoms with Crippen LogP contribution in [0.25, 0.3) is 0 Å². The van der Waals surface area contributed by atoms with Crippen molar-refractivity contribution in [1.29, 1.82) is 0 Å². The quantitative estimate of drug-likeness (QED) is 0.427. The maximum atomic E-state index is 12.9. The number of hydrogen-bond donors (Lipinski definition) is 0. The Bertz CT molecular complexity index is 897. The molecule has 3 rings (SSSR count). The van der Waals surface area contributed by atoms with Crippen molar-refractivity contribution < 1.29 is 28.7 Å². The van der Waals surface area contributed by atoms with Gasteiger partial charge in [0.2, 0.25) is 0 Å². The second-order valence-electron chi connectivity index (χ2n) is 7.41. The molecule has 4 atom stereocenters. The van der Waals surface area contributed by atoms with Crippen LogP contribution < -0.4 is 0 Å². The van der Waals surface area contributed by atoms with Crippen LogP contribution in [-0.4, -0.2) is 54.4 Å². The van der Waals surface area contributed by atoms with E-state index < -0.39 is 34.4 Å². The van der Waals surface area contributed by atoms with E-state index in [1.54, 1.807) is 19.9 Å². The summed E-state index contributed by atoms with van der Waals surface area (Å²) in [6, 6.07) is 5.91. The molecule has 0 bridgehead atoms. The zero-order chi connectivity index (χ0) is 21.5. The van der Waals surface area contributed by atoms with Crippen molar-refractivity contribution in [2.24, 2.45) is 5.92 Å². The predicted molar refractivity (Wildman–Crippen MR) is 102 cm³/mol. The van der Waals surface area contributed by atoms with E-state index in [1.165, 1.54) is 32.4 Å². The first kappa shape index (κ1) is 20.8. The first-order valence-corrected chi connectivity index (χ1v) is 9.22. The summed E-state index contributed by atoms with van der Waals surface area (Å²) >= 11 is 0. The summed E-state index contributed by atoms with van der Waals surface area (Å²) in [4.78, 5) is 38.4. The van der Waals surface area contributed by atoms with Crippen molar-refractivity contribution in [3.8, 4) is 0 Å². The summed E-state index contributed by atoms with van der Waals surface area (Å²) in [6.45, 7) is 5.91. The summed E-state index contributed by atoms with van der Waals surface area (Å²) in [5.41, 5.74) is 0.0993. The third kappa shape index (κ3) is 3.25. The third-order valence-electron chi connectivity index (χ3n) is 5.73. The first-order valence-electron chi connectivity index (χ1n) is 9.22. The molecule has 156 valence electrons. The molecule has 0 aromatic heterocycles. The number of allylic oxidation sites excluding steroid dienone is 1. The van der Waals surface area contributed by atoms with Crippen molar-refractivity contribution in [3.63, 3.8) is 0 Å². The van der Waals surface area contributed by atoms with Crippen LogP contribution in [-0.2, 0) is 23.8 Å². The monoisotopic (exact) mass is 404 g/mol. The van der Waals surface area contributed by atoms with Crippen molar-refractivity contribution in [2.75, 3.05) is 20.8 Å². The van der Waals surface area contributed by atoms with Gasteiger partial charge in [-0.1, -0.05) is 12.1 Å². The maximum absolute atomic E-state index is 12.9. The highest BCUT2D eigenvalue weighted by molar-refractivity contribution is 5.93. The Hall–Kier alpha value is -2.94. The van der Waals surface area contributed by atoms with Gasteiger partial charge in [-0.05, 0) is 26.3 Å². The highest BCUT2D eigenvalue weighted by Gasteiger charge is 2.59. The number of esters is 2. The number of hydrogen-bond acceptors (Lipinski definition) is 8. The van der Waals surface area contributed by atoms with Crippen LogP contribution in [0.3, 0.4) is 0 Å². The molecular formula is C20H24N2O7. The summed E-state index contributed by atoms with van der Waals surface area (Å²) in [5.74, 6) is -2.94. The molecule has 0 saturated carbocycles. The Morgan fingerprint density at radius 1 is 1.31 bits per heavy atom. The van der Waals surface area contributed by atoms with Gasteiger partial charge >= 0.3 is 11.9 Å². The number of non-ortho nitro benzene ring substituents is 1. The van der Waals surface area contributed by atoms with Gasteiger partial charge in [0.25, 0.3) is 5.69 Å². The minimum absolute atomic E-state index is 0.138. The molecule has 9 heteroatoms. The van der Waals surface area contributed by atoms with E-state index in [2.05, 4.69) is 0 Å². The topological polar surface area (TPSA) is 108 Å². The number of fused-ring (bicyclic) bond motifs is 1. The molecule has 1 aromatic carbocycles. The average Bonchev–Trinajstić information content (AvgIpc) is 3.01. The van der Waals surface area contributed by atoms with E-state index in [9.17, 15) is 19.7 Å². The van der Waals surface area contributed by atoms with E-state index in [1.807, 2.05) is 11.8 Å². The van der Waals surface area contributed by atoms with Gasteiger partial charge in [0.15, 0.2) is 5.72 Å². The number of nitrogens with zero attached hydrogens (tertiary/aromatic N) is 2. The molecule has 0 radical (unpaired) electrons. The zero-order valence-electron chi connectivity index (χ0n) is 17.0. The minimum Gasteiger partial charge on any atom is -0.469 e. The molecule has 4 unspecified atom stereocenters. The Morgan fingerprint density at radius 2 is 2.00 bits per heavy atom. The maximum Gasteiger partial charge on any atom is 0.336 e. The standard InChI is InChI=1S/C20H24N2O7/c1-11-10-21-12(2)15(18(23)27-4)16(13-7-6-8-14(9-13)22(25)26)17(19(24)28-5)20(21,3)29-11/h6-9,11,16-17H,10H2,1-5H3. The fraction of sp³-hybridized carbons (Fsp3) is 0.500. The van der Waals surface area contributed by atoms with Crippen LogP contribution in [0.15, 0.2) is 35.5 Å². The third-order valence-corrected chi connectivity index (χ3v) is 5.73. The Labute approximate surface area is 168 Å². The summed E-state index contributed by atoms with van der Waals surface area (Å²) < 4.78 is 16.2. The number of rotatable bonds is 4. The van der Waals surface area contributed by atoms with Crippen molar-refractivity contribution in [3.05, 3.63) is 51.2 Å². The molecule has 0 amide bonds. The molecule has 9 nitrogen and oxygen atoms in total. The van der Waals surface area contributed by atoms with Gasteiger partial charge in [0.1, 0.15) is 5.92 Å². The van der Waals surface area contributed by atoms with E-state index in [0.717, 1.165) is 0 Å². The molecule has 1 saturated heterocycles. The molecule has 2 aliphatic rings. The van der Waals surface area contributed by atoms with Gasteiger partial charge in [-0.25, -0.2) is 4.79 Å². The lowest BCUT2D eigenvalue weighted by molar-refractivity contribution is -0.384. The van der Waals surface area contributed by atoms with Gasteiger partial charge in [0, 0.05) is 30.3 Å². The largest absolute Gasteiger partial charge is 0.469 e. The van der Waals surface area contributed by atoms with Crippen molar-refractivity contribution >= 4 is 17.6 Å². The van der Waals surface area contributed by atoms with Crippen LogP contribution >= 0.6 is 0 Å². The Balaban J connectivity index is 2.30. The molecule has 0 N–H and O–H groups in total. The van der Waals surface area contributed by atoms with Crippen LogP contribution in [0.4, 0.5) is 5.69 Å². The van der Waals surface area contributed by atoms with Gasteiger partial charge < -0.3 is 19.1 Å². The molecule has 1 fully saturated rings. The molecular weight excluding hydrogens is 380 g/mol.